The minimum Gasteiger partial charge on any atom is -0.496 e. The van der Waals surface area contributed by atoms with Gasteiger partial charge in [-0.3, -0.25) is 9.59 Å². The molecule has 6 nitrogen and oxygen atoms in total. The Bertz CT molecular complexity index is 1310. The number of methoxy groups -OCH3 is 1. The average Bonchev–Trinajstić information content (AvgIpc) is 3.42. The van der Waals surface area contributed by atoms with E-state index in [1.807, 2.05) is 57.2 Å². The van der Waals surface area contributed by atoms with Gasteiger partial charge in [0.2, 0.25) is 5.91 Å². The number of benzene rings is 2. The highest BCUT2D eigenvalue weighted by atomic mass is 16.5. The molecule has 0 saturated carbocycles. The first-order chi connectivity index (χ1) is 19.7. The molecule has 1 aliphatic rings. The van der Waals surface area contributed by atoms with Crippen molar-refractivity contribution in [2.24, 2.45) is 11.7 Å². The first kappa shape index (κ1) is 33.3. The summed E-state index contributed by atoms with van der Waals surface area (Å²) < 4.78 is 7.81. The molecule has 1 aliphatic heterocycles. The number of carbonyl (C=O) groups excluding carboxylic acids is 2. The normalized spacial score (nSPS) is 14.6. The molecule has 2 aromatic carbocycles. The van der Waals surface area contributed by atoms with Gasteiger partial charge in [-0.05, 0) is 62.3 Å². The lowest BCUT2D eigenvalue weighted by atomic mass is 10.0. The lowest BCUT2D eigenvalue weighted by molar-refractivity contribution is -0.117. The topological polar surface area (TPSA) is 77.6 Å². The smallest absolute Gasteiger partial charge is 0.248 e. The summed E-state index contributed by atoms with van der Waals surface area (Å²) in [5, 5.41) is 1.13. The summed E-state index contributed by atoms with van der Waals surface area (Å²) in [6.45, 7) is 16.8. The second-order valence-corrected chi connectivity index (χ2v) is 10.4. The SMILES string of the molecule is C/C=C(CCN1CCC(n2ccc3ccc(C(N)=O)cc32)CC1)\C(=C/C(=O)C(C)C)OC.C=C.Cc1ccccc1. The van der Waals surface area contributed by atoms with Gasteiger partial charge in [0.25, 0.3) is 0 Å². The Morgan fingerprint density at radius 2 is 1.73 bits per heavy atom. The van der Waals surface area contributed by atoms with Gasteiger partial charge in [0.15, 0.2) is 5.78 Å². The number of allylic oxidation sites excluding steroid dienone is 3. The van der Waals surface area contributed by atoms with Crippen molar-refractivity contribution < 1.29 is 14.3 Å². The zero-order valence-electron chi connectivity index (χ0n) is 25.4. The summed E-state index contributed by atoms with van der Waals surface area (Å²) in [5.41, 5.74) is 9.48. The van der Waals surface area contributed by atoms with Gasteiger partial charge in [-0.1, -0.05) is 61.9 Å². The molecule has 0 unspecified atom stereocenters. The molecule has 1 amide bonds. The Kier molecular flexibility index (Phi) is 13.8. The van der Waals surface area contributed by atoms with E-state index in [1.165, 1.54) is 5.56 Å². The lowest BCUT2D eigenvalue weighted by Gasteiger charge is -2.33. The number of ketones is 1. The van der Waals surface area contributed by atoms with Gasteiger partial charge in [0, 0.05) is 54.9 Å². The van der Waals surface area contributed by atoms with Crippen LogP contribution in [0, 0.1) is 12.8 Å². The summed E-state index contributed by atoms with van der Waals surface area (Å²) >= 11 is 0. The van der Waals surface area contributed by atoms with Crippen molar-refractivity contribution in [3.05, 3.63) is 109 Å². The molecule has 0 aliphatic carbocycles. The number of piperidine rings is 1. The van der Waals surface area contributed by atoms with Gasteiger partial charge in [-0.2, -0.15) is 0 Å². The average molecular weight is 558 g/mol. The monoisotopic (exact) mass is 557 g/mol. The molecule has 1 saturated heterocycles. The van der Waals surface area contributed by atoms with Crippen molar-refractivity contribution in [3.8, 4) is 0 Å². The van der Waals surface area contributed by atoms with Crippen molar-refractivity contribution in [2.45, 2.75) is 53.0 Å². The van der Waals surface area contributed by atoms with E-state index in [0.717, 1.165) is 55.4 Å². The number of aromatic nitrogens is 1. The van der Waals surface area contributed by atoms with E-state index in [-0.39, 0.29) is 11.7 Å². The highest BCUT2D eigenvalue weighted by Crippen LogP contribution is 2.29. The van der Waals surface area contributed by atoms with Gasteiger partial charge in [0.1, 0.15) is 5.76 Å². The first-order valence-electron chi connectivity index (χ1n) is 14.3. The molecule has 0 radical (unpaired) electrons. The third-order valence-electron chi connectivity index (χ3n) is 7.32. The Labute approximate surface area is 246 Å². The number of rotatable bonds is 9. The summed E-state index contributed by atoms with van der Waals surface area (Å²) in [7, 11) is 1.62. The van der Waals surface area contributed by atoms with E-state index in [0.29, 0.717) is 17.4 Å². The van der Waals surface area contributed by atoms with Crippen LogP contribution in [0.5, 0.6) is 0 Å². The summed E-state index contributed by atoms with van der Waals surface area (Å²) in [6.07, 6.45) is 8.74. The molecule has 0 atom stereocenters. The summed E-state index contributed by atoms with van der Waals surface area (Å²) in [6, 6.07) is 18.4. The van der Waals surface area contributed by atoms with E-state index >= 15 is 0 Å². The third kappa shape index (κ3) is 9.90. The van der Waals surface area contributed by atoms with Crippen LogP contribution < -0.4 is 5.73 Å². The maximum atomic E-state index is 12.1. The van der Waals surface area contributed by atoms with Crippen LogP contribution in [0.4, 0.5) is 0 Å². The van der Waals surface area contributed by atoms with Crippen LogP contribution in [0.3, 0.4) is 0 Å². The molecular weight excluding hydrogens is 510 g/mol. The molecule has 4 rings (SSSR count). The van der Waals surface area contributed by atoms with Crippen LogP contribution >= 0.6 is 0 Å². The van der Waals surface area contributed by atoms with Crippen LogP contribution in [-0.4, -0.2) is 47.9 Å². The Morgan fingerprint density at radius 1 is 1.07 bits per heavy atom. The fraction of sp³-hybridized carbons (Fsp3) is 0.371. The molecule has 6 heteroatoms. The van der Waals surface area contributed by atoms with Gasteiger partial charge >= 0.3 is 0 Å². The van der Waals surface area contributed by atoms with Gasteiger partial charge in [-0.25, -0.2) is 0 Å². The van der Waals surface area contributed by atoms with Gasteiger partial charge in [0.05, 0.1) is 7.11 Å². The van der Waals surface area contributed by atoms with E-state index in [2.05, 4.69) is 53.9 Å². The van der Waals surface area contributed by atoms with Crippen molar-refractivity contribution in [2.75, 3.05) is 26.7 Å². The van der Waals surface area contributed by atoms with E-state index in [4.69, 9.17) is 10.5 Å². The Hall–Kier alpha value is -3.90. The molecule has 1 aromatic heterocycles. The van der Waals surface area contributed by atoms with Crippen molar-refractivity contribution in [3.63, 3.8) is 0 Å². The highest BCUT2D eigenvalue weighted by Gasteiger charge is 2.22. The summed E-state index contributed by atoms with van der Waals surface area (Å²) in [5.74, 6) is 0.320. The molecule has 2 heterocycles. The molecule has 2 N–H and O–H groups in total. The minimum absolute atomic E-state index is 0.0406. The summed E-state index contributed by atoms with van der Waals surface area (Å²) in [4.78, 5) is 26.2. The maximum absolute atomic E-state index is 12.1. The number of primary amides is 1. The third-order valence-corrected chi connectivity index (χ3v) is 7.32. The number of amides is 1. The Balaban J connectivity index is 0.000000561. The van der Waals surface area contributed by atoms with Crippen LogP contribution in [0.2, 0.25) is 0 Å². The molecule has 0 spiro atoms. The molecule has 3 aromatic rings. The molecule has 220 valence electrons. The molecule has 0 bridgehead atoms. The van der Waals surface area contributed by atoms with E-state index in [9.17, 15) is 9.59 Å². The van der Waals surface area contributed by atoms with Crippen molar-refractivity contribution in [1.29, 1.82) is 0 Å². The zero-order chi connectivity index (χ0) is 30.4. The van der Waals surface area contributed by atoms with Crippen LogP contribution in [0.25, 0.3) is 10.9 Å². The number of nitrogens with zero attached hydrogens (tertiary/aromatic N) is 2. The second kappa shape index (κ2) is 17.0. The second-order valence-electron chi connectivity index (χ2n) is 10.4. The number of hydrogen-bond donors (Lipinski definition) is 1. The molecule has 1 fully saturated rings. The fourth-order valence-corrected chi connectivity index (χ4v) is 4.84. The predicted octanol–water partition coefficient (Wildman–Crippen LogP) is 7.27. The number of carbonyl (C=O) groups is 2. The maximum Gasteiger partial charge on any atom is 0.248 e. The zero-order valence-corrected chi connectivity index (χ0v) is 25.4. The largest absolute Gasteiger partial charge is 0.496 e. The van der Waals surface area contributed by atoms with Crippen LogP contribution in [0.1, 0.15) is 62.0 Å². The number of aryl methyl sites for hydroxylation is 1. The van der Waals surface area contributed by atoms with E-state index < -0.39 is 5.91 Å². The predicted molar refractivity (Wildman–Crippen MR) is 171 cm³/mol. The number of fused-ring (bicyclic) bond motifs is 1. The van der Waals surface area contributed by atoms with Gasteiger partial charge < -0.3 is 19.9 Å². The Morgan fingerprint density at radius 3 is 2.24 bits per heavy atom. The van der Waals surface area contributed by atoms with Crippen LogP contribution in [0.15, 0.2) is 97.4 Å². The lowest BCUT2D eigenvalue weighted by Crippen LogP contribution is -2.35. The fourth-order valence-electron chi connectivity index (χ4n) is 4.84. The number of hydrogen-bond acceptors (Lipinski definition) is 4. The highest BCUT2D eigenvalue weighted by molar-refractivity contribution is 5.97. The molecular formula is C35H47N3O3. The number of nitrogens with two attached hydrogens (primary N) is 1. The standard InChI is InChI=1S/C26H35N3O3.C7H8.C2H4/c1-5-19(25(32-4)17-24(30)18(2)3)8-12-28-13-10-22(11-14-28)29-15-9-20-6-7-21(26(27)31)16-23(20)29;1-7-5-3-2-4-6-7;1-2/h5-7,9,15-18,22H,8,10-14H2,1-4H3,(H2,27,31);2-6H,1H3;1-2H2/b19-5-,25-17+;;. The first-order valence-corrected chi connectivity index (χ1v) is 14.3. The minimum atomic E-state index is -0.395. The molecule has 41 heavy (non-hydrogen) atoms. The van der Waals surface area contributed by atoms with E-state index in [1.54, 1.807) is 19.3 Å². The van der Waals surface area contributed by atoms with Gasteiger partial charge in [-0.15, -0.1) is 13.2 Å². The van der Waals surface area contributed by atoms with Crippen molar-refractivity contribution in [1.82, 2.24) is 9.47 Å². The number of likely N-dealkylation sites (tertiary alicyclic amines) is 1. The van der Waals surface area contributed by atoms with Crippen LogP contribution in [-0.2, 0) is 9.53 Å². The van der Waals surface area contributed by atoms with Crippen molar-refractivity contribution >= 4 is 22.6 Å². The quantitative estimate of drug-likeness (QED) is 0.130. The number of ether oxygens (including phenoxy) is 1.